The van der Waals surface area contributed by atoms with Crippen molar-refractivity contribution in [1.82, 2.24) is 9.47 Å². The quantitative estimate of drug-likeness (QED) is 0.589. The maximum absolute atomic E-state index is 13.2. The molecule has 0 bridgehead atoms. The van der Waals surface area contributed by atoms with E-state index in [1.165, 1.54) is 4.57 Å². The van der Waals surface area contributed by atoms with Crippen LogP contribution < -0.4 is 10.5 Å². The number of aromatic nitrogens is 1. The van der Waals surface area contributed by atoms with Gasteiger partial charge in [0.25, 0.3) is 0 Å². The van der Waals surface area contributed by atoms with Gasteiger partial charge in [-0.05, 0) is 62.1 Å². The lowest BCUT2D eigenvalue weighted by Gasteiger charge is -2.32. The molecular weight excluding hydrogens is 396 g/mol. The lowest BCUT2D eigenvalue weighted by Crippen LogP contribution is -2.44. The number of carbonyl (C=O) groups is 2. The van der Waals surface area contributed by atoms with E-state index in [4.69, 9.17) is 9.15 Å². The molecule has 7 heteroatoms. The zero-order valence-electron chi connectivity index (χ0n) is 18.0. The van der Waals surface area contributed by atoms with Crippen molar-refractivity contribution >= 4 is 22.8 Å². The first-order valence-corrected chi connectivity index (χ1v) is 10.4. The number of rotatable bonds is 5. The number of nitrogens with zero attached hydrogens (tertiary/aromatic N) is 2. The third kappa shape index (κ3) is 4.00. The Morgan fingerprint density at radius 1 is 1.16 bits per heavy atom. The van der Waals surface area contributed by atoms with Gasteiger partial charge in [-0.3, -0.25) is 14.2 Å². The highest BCUT2D eigenvalue weighted by Crippen LogP contribution is 2.28. The topological polar surface area (TPSA) is 81.8 Å². The molecule has 1 fully saturated rings. The number of Topliss-reactive ketones (excluding diaryl/α,β-unsaturated/α-hetero) is 1. The van der Waals surface area contributed by atoms with E-state index in [1.807, 2.05) is 26.0 Å². The predicted molar refractivity (Wildman–Crippen MR) is 117 cm³/mol. The minimum Gasteiger partial charge on any atom is -0.496 e. The average molecular weight is 422 g/mol. The molecule has 4 rings (SSSR count). The lowest BCUT2D eigenvalue weighted by atomic mass is 9.88. The van der Waals surface area contributed by atoms with Gasteiger partial charge in [-0.1, -0.05) is 12.1 Å². The van der Waals surface area contributed by atoms with Crippen LogP contribution in [0, 0.1) is 19.8 Å². The Morgan fingerprint density at radius 2 is 1.87 bits per heavy atom. The molecule has 2 heterocycles. The second-order valence-electron chi connectivity index (χ2n) is 8.11. The summed E-state index contributed by atoms with van der Waals surface area (Å²) in [6.45, 7) is 4.68. The number of likely N-dealkylation sites (tertiary alicyclic amines) is 1. The zero-order valence-corrected chi connectivity index (χ0v) is 18.0. The maximum atomic E-state index is 13.2. The number of hydrogen-bond donors (Lipinski definition) is 0. The van der Waals surface area contributed by atoms with Crippen molar-refractivity contribution in [3.8, 4) is 5.75 Å². The fraction of sp³-hybridized carbons (Fsp3) is 0.375. The normalized spacial score (nSPS) is 16.5. The van der Waals surface area contributed by atoms with Gasteiger partial charge in [-0.15, -0.1) is 0 Å². The Hall–Kier alpha value is -3.35. The summed E-state index contributed by atoms with van der Waals surface area (Å²) < 4.78 is 12.0. The molecule has 1 saturated heterocycles. The SMILES string of the molecule is COc1c(C)cc(C(=O)C2CCCN(C(=O)Cn3c(=O)oc4ccccc43)C2)cc1C. The monoisotopic (exact) mass is 422 g/mol. The number of ether oxygens (including phenoxy) is 1. The average Bonchev–Trinajstić information content (AvgIpc) is 3.08. The number of oxazole rings is 1. The van der Waals surface area contributed by atoms with Crippen LogP contribution in [0.2, 0.25) is 0 Å². The van der Waals surface area contributed by atoms with Gasteiger partial charge in [-0.2, -0.15) is 0 Å². The fourth-order valence-corrected chi connectivity index (χ4v) is 4.47. The number of methoxy groups -OCH3 is 1. The van der Waals surface area contributed by atoms with Gasteiger partial charge in [0.15, 0.2) is 11.4 Å². The Bertz CT molecular complexity index is 1180. The minimum atomic E-state index is -0.552. The molecule has 1 aliphatic heterocycles. The van der Waals surface area contributed by atoms with E-state index in [2.05, 4.69) is 0 Å². The summed E-state index contributed by atoms with van der Waals surface area (Å²) in [5.74, 6) is -0.175. The van der Waals surface area contributed by atoms with E-state index in [9.17, 15) is 14.4 Å². The highest BCUT2D eigenvalue weighted by Gasteiger charge is 2.30. The molecule has 0 spiro atoms. The van der Waals surface area contributed by atoms with Crippen LogP contribution in [-0.4, -0.2) is 41.4 Å². The number of para-hydroxylation sites is 2. The van der Waals surface area contributed by atoms with E-state index >= 15 is 0 Å². The first kappa shape index (κ1) is 20.9. The summed E-state index contributed by atoms with van der Waals surface area (Å²) in [6.07, 6.45) is 1.48. The molecule has 1 unspecified atom stereocenters. The summed E-state index contributed by atoms with van der Waals surface area (Å²) in [5, 5.41) is 0. The van der Waals surface area contributed by atoms with Crippen LogP contribution in [0.25, 0.3) is 11.1 Å². The molecule has 0 aliphatic carbocycles. The number of hydrogen-bond acceptors (Lipinski definition) is 5. The van der Waals surface area contributed by atoms with Crippen molar-refractivity contribution in [3.63, 3.8) is 0 Å². The first-order valence-electron chi connectivity index (χ1n) is 10.4. The largest absolute Gasteiger partial charge is 0.496 e. The summed E-state index contributed by atoms with van der Waals surface area (Å²) in [5.41, 5.74) is 3.53. The number of amides is 1. The number of carbonyl (C=O) groups excluding carboxylic acids is 2. The maximum Gasteiger partial charge on any atom is 0.420 e. The van der Waals surface area contributed by atoms with E-state index in [-0.39, 0.29) is 24.2 Å². The van der Waals surface area contributed by atoms with Crippen molar-refractivity contribution in [2.45, 2.75) is 33.2 Å². The number of piperidine rings is 1. The molecule has 0 radical (unpaired) electrons. The van der Waals surface area contributed by atoms with E-state index in [0.717, 1.165) is 29.7 Å². The second-order valence-corrected chi connectivity index (χ2v) is 8.11. The molecule has 2 aromatic carbocycles. The van der Waals surface area contributed by atoms with Crippen molar-refractivity contribution in [1.29, 1.82) is 0 Å². The number of aryl methyl sites for hydroxylation is 2. The second kappa shape index (κ2) is 8.41. The molecule has 162 valence electrons. The van der Waals surface area contributed by atoms with Crippen LogP contribution in [0.4, 0.5) is 0 Å². The minimum absolute atomic E-state index is 0.0391. The molecule has 1 atom stereocenters. The molecule has 0 N–H and O–H groups in total. The third-order valence-corrected chi connectivity index (χ3v) is 5.96. The molecular formula is C24H26N2O5. The fourth-order valence-electron chi connectivity index (χ4n) is 4.47. The zero-order chi connectivity index (χ0) is 22.1. The van der Waals surface area contributed by atoms with Gasteiger partial charge < -0.3 is 14.1 Å². The smallest absolute Gasteiger partial charge is 0.420 e. The van der Waals surface area contributed by atoms with Crippen LogP contribution in [-0.2, 0) is 11.3 Å². The molecule has 7 nitrogen and oxygen atoms in total. The van der Waals surface area contributed by atoms with Crippen molar-refractivity contribution < 1.29 is 18.7 Å². The van der Waals surface area contributed by atoms with E-state index < -0.39 is 5.76 Å². The Morgan fingerprint density at radius 3 is 2.58 bits per heavy atom. The van der Waals surface area contributed by atoms with Crippen molar-refractivity contribution in [2.24, 2.45) is 5.92 Å². The first-order chi connectivity index (χ1) is 14.9. The van der Waals surface area contributed by atoms with Gasteiger partial charge in [0.2, 0.25) is 5.91 Å². The van der Waals surface area contributed by atoms with Crippen LogP contribution >= 0.6 is 0 Å². The lowest BCUT2D eigenvalue weighted by molar-refractivity contribution is -0.133. The van der Waals surface area contributed by atoms with Crippen LogP contribution in [0.1, 0.15) is 34.3 Å². The third-order valence-electron chi connectivity index (χ3n) is 5.96. The van der Waals surface area contributed by atoms with Crippen LogP contribution in [0.15, 0.2) is 45.6 Å². The van der Waals surface area contributed by atoms with Gasteiger partial charge in [0, 0.05) is 24.6 Å². The summed E-state index contributed by atoms with van der Waals surface area (Å²) in [7, 11) is 1.62. The van der Waals surface area contributed by atoms with Gasteiger partial charge in [0.05, 0.1) is 12.6 Å². The Kier molecular flexibility index (Phi) is 5.67. The Balaban J connectivity index is 1.50. The highest BCUT2D eigenvalue weighted by molar-refractivity contribution is 5.99. The van der Waals surface area contributed by atoms with Gasteiger partial charge in [-0.25, -0.2) is 4.79 Å². The Labute approximate surface area is 180 Å². The van der Waals surface area contributed by atoms with Crippen LogP contribution in [0.5, 0.6) is 5.75 Å². The number of benzene rings is 2. The molecule has 0 saturated carbocycles. The molecule has 3 aromatic rings. The molecule has 1 aromatic heterocycles. The summed E-state index contributed by atoms with van der Waals surface area (Å²) >= 11 is 0. The summed E-state index contributed by atoms with van der Waals surface area (Å²) in [4.78, 5) is 40.0. The predicted octanol–water partition coefficient (Wildman–Crippen LogP) is 3.34. The van der Waals surface area contributed by atoms with Crippen molar-refractivity contribution in [3.05, 3.63) is 63.6 Å². The van der Waals surface area contributed by atoms with Crippen LogP contribution in [0.3, 0.4) is 0 Å². The van der Waals surface area contributed by atoms with E-state index in [1.54, 1.807) is 36.3 Å². The van der Waals surface area contributed by atoms with Gasteiger partial charge >= 0.3 is 5.76 Å². The summed E-state index contributed by atoms with van der Waals surface area (Å²) in [6, 6.07) is 10.7. The highest BCUT2D eigenvalue weighted by atomic mass is 16.5. The molecule has 1 aliphatic rings. The number of ketones is 1. The standard InChI is InChI=1S/C24H26N2O5/c1-15-11-18(12-16(2)23(15)30-3)22(28)17-7-6-10-25(13-17)21(27)14-26-19-8-4-5-9-20(19)31-24(26)29/h4-5,8-9,11-12,17H,6-7,10,13-14H2,1-3H3. The molecule has 31 heavy (non-hydrogen) atoms. The molecule has 1 amide bonds. The van der Waals surface area contributed by atoms with Crippen molar-refractivity contribution in [2.75, 3.05) is 20.2 Å². The van der Waals surface area contributed by atoms with E-state index in [0.29, 0.717) is 29.8 Å². The number of fused-ring (bicyclic) bond motifs is 1. The van der Waals surface area contributed by atoms with Gasteiger partial charge in [0.1, 0.15) is 12.3 Å².